The lowest BCUT2D eigenvalue weighted by Crippen LogP contribution is -2.33. The number of nitrogens with zero attached hydrogens (tertiary/aromatic N) is 1. The van der Waals surface area contributed by atoms with Gasteiger partial charge in [-0.2, -0.15) is 4.31 Å². The highest BCUT2D eigenvalue weighted by atomic mass is 32.2. The van der Waals surface area contributed by atoms with Crippen molar-refractivity contribution in [1.29, 1.82) is 0 Å². The minimum absolute atomic E-state index is 0.0573. The van der Waals surface area contributed by atoms with Crippen molar-refractivity contribution in [3.05, 3.63) is 23.8 Å². The number of hydrogen-bond donors (Lipinski definition) is 1. The standard InChI is InChI=1S/C23H34N2O6S/c1-30-20-12-11-19(15-21(20)32(28,29)25-13-7-2-3-8-14-25)23(27)31-17-22(26)24-16-18-9-5-4-6-10-18/h11-12,15,18H,2-10,13-14,16-17H2,1H3,(H,24,26). The number of rotatable bonds is 8. The molecule has 0 bridgehead atoms. The molecule has 8 nitrogen and oxygen atoms in total. The summed E-state index contributed by atoms with van der Waals surface area (Å²) in [5, 5.41) is 2.82. The van der Waals surface area contributed by atoms with Gasteiger partial charge in [-0.3, -0.25) is 4.79 Å². The van der Waals surface area contributed by atoms with Gasteiger partial charge in [-0.15, -0.1) is 0 Å². The van der Waals surface area contributed by atoms with Crippen molar-refractivity contribution in [3.8, 4) is 5.75 Å². The Labute approximate surface area is 190 Å². The number of amides is 1. The van der Waals surface area contributed by atoms with Crippen molar-refractivity contribution >= 4 is 21.9 Å². The summed E-state index contributed by atoms with van der Waals surface area (Å²) >= 11 is 0. The number of carbonyl (C=O) groups is 2. The van der Waals surface area contributed by atoms with Gasteiger partial charge in [0.2, 0.25) is 10.0 Å². The average Bonchev–Trinajstić information content (AvgIpc) is 3.11. The van der Waals surface area contributed by atoms with E-state index in [1.807, 2.05) is 0 Å². The number of ether oxygens (including phenoxy) is 2. The molecule has 1 saturated carbocycles. The van der Waals surface area contributed by atoms with Gasteiger partial charge in [0.1, 0.15) is 10.6 Å². The van der Waals surface area contributed by atoms with E-state index in [9.17, 15) is 18.0 Å². The van der Waals surface area contributed by atoms with E-state index in [1.54, 1.807) is 0 Å². The predicted octanol–water partition coefficient (Wildman–Crippen LogP) is 3.11. The van der Waals surface area contributed by atoms with Crippen molar-refractivity contribution in [2.75, 3.05) is 33.4 Å². The summed E-state index contributed by atoms with van der Waals surface area (Å²) < 4.78 is 38.3. The first-order valence-corrected chi connectivity index (χ1v) is 13.0. The quantitative estimate of drug-likeness (QED) is 0.591. The van der Waals surface area contributed by atoms with Gasteiger partial charge in [0.15, 0.2) is 6.61 Å². The molecular weight excluding hydrogens is 432 g/mol. The Morgan fingerprint density at radius 3 is 2.34 bits per heavy atom. The number of sulfonamides is 1. The molecule has 0 unspecified atom stereocenters. The monoisotopic (exact) mass is 466 g/mol. The Balaban J connectivity index is 1.63. The summed E-state index contributed by atoms with van der Waals surface area (Å²) in [6, 6.07) is 4.17. The first-order chi connectivity index (χ1) is 15.4. The Kier molecular flexibility index (Phi) is 8.92. The molecular formula is C23H34N2O6S. The first-order valence-electron chi connectivity index (χ1n) is 11.5. The van der Waals surface area contributed by atoms with E-state index in [2.05, 4.69) is 5.32 Å². The van der Waals surface area contributed by atoms with Crippen molar-refractivity contribution in [1.82, 2.24) is 9.62 Å². The molecule has 9 heteroatoms. The van der Waals surface area contributed by atoms with Gasteiger partial charge < -0.3 is 14.8 Å². The van der Waals surface area contributed by atoms with Crippen LogP contribution in [0.2, 0.25) is 0 Å². The fourth-order valence-corrected chi connectivity index (χ4v) is 6.04. The van der Waals surface area contributed by atoms with E-state index in [-0.39, 0.29) is 22.1 Å². The first kappa shape index (κ1) is 24.5. The third-order valence-corrected chi connectivity index (χ3v) is 8.15. The van der Waals surface area contributed by atoms with E-state index in [0.29, 0.717) is 25.6 Å². The van der Waals surface area contributed by atoms with Crippen LogP contribution in [0.1, 0.15) is 68.1 Å². The predicted molar refractivity (Wildman–Crippen MR) is 120 cm³/mol. The highest BCUT2D eigenvalue weighted by Gasteiger charge is 2.29. The fraction of sp³-hybridized carbons (Fsp3) is 0.652. The zero-order valence-corrected chi connectivity index (χ0v) is 19.6. The van der Waals surface area contributed by atoms with Crippen molar-refractivity contribution < 1.29 is 27.5 Å². The number of benzene rings is 1. The van der Waals surface area contributed by atoms with Gasteiger partial charge in [-0.05, 0) is 49.8 Å². The van der Waals surface area contributed by atoms with Crippen LogP contribution in [-0.4, -0.2) is 58.0 Å². The lowest BCUT2D eigenvalue weighted by molar-refractivity contribution is -0.124. The summed E-state index contributed by atoms with van der Waals surface area (Å²) in [5.74, 6) is -0.435. The Morgan fingerprint density at radius 2 is 1.69 bits per heavy atom. The van der Waals surface area contributed by atoms with Crippen LogP contribution in [0.3, 0.4) is 0 Å². The minimum Gasteiger partial charge on any atom is -0.495 e. The normalized spacial score (nSPS) is 18.5. The zero-order chi connectivity index (χ0) is 23.0. The second-order valence-corrected chi connectivity index (χ2v) is 10.5. The zero-order valence-electron chi connectivity index (χ0n) is 18.8. The molecule has 1 heterocycles. The molecule has 1 aromatic carbocycles. The second kappa shape index (κ2) is 11.7. The SMILES string of the molecule is COc1ccc(C(=O)OCC(=O)NCC2CCCCC2)cc1S(=O)(=O)N1CCCCCC1. The van der Waals surface area contributed by atoms with Gasteiger partial charge >= 0.3 is 5.97 Å². The lowest BCUT2D eigenvalue weighted by Gasteiger charge is -2.22. The van der Waals surface area contributed by atoms with Crippen LogP contribution in [0.15, 0.2) is 23.1 Å². The van der Waals surface area contributed by atoms with Gasteiger partial charge in [0, 0.05) is 19.6 Å². The number of methoxy groups -OCH3 is 1. The molecule has 0 aromatic heterocycles. The molecule has 32 heavy (non-hydrogen) atoms. The highest BCUT2D eigenvalue weighted by molar-refractivity contribution is 7.89. The molecule has 1 aliphatic carbocycles. The minimum atomic E-state index is -3.82. The van der Waals surface area contributed by atoms with Crippen LogP contribution in [0, 0.1) is 5.92 Å². The molecule has 2 aliphatic rings. The van der Waals surface area contributed by atoms with E-state index in [4.69, 9.17) is 9.47 Å². The third-order valence-electron chi connectivity index (χ3n) is 6.23. The van der Waals surface area contributed by atoms with Crippen LogP contribution < -0.4 is 10.1 Å². The molecule has 3 rings (SSSR count). The third kappa shape index (κ3) is 6.45. The van der Waals surface area contributed by atoms with E-state index < -0.39 is 22.6 Å². The maximum atomic E-state index is 13.2. The molecule has 178 valence electrons. The molecule has 1 amide bonds. The maximum absolute atomic E-state index is 13.2. The second-order valence-electron chi connectivity index (χ2n) is 8.57. The number of carbonyl (C=O) groups excluding carboxylic acids is 2. The molecule has 1 N–H and O–H groups in total. The fourth-order valence-electron chi connectivity index (χ4n) is 4.34. The molecule has 1 aliphatic heterocycles. The van der Waals surface area contributed by atoms with Gasteiger partial charge in [-0.25, -0.2) is 13.2 Å². The van der Waals surface area contributed by atoms with Crippen LogP contribution in [0.4, 0.5) is 0 Å². The summed E-state index contributed by atoms with van der Waals surface area (Å²) in [6.45, 7) is 1.09. The van der Waals surface area contributed by atoms with E-state index in [1.165, 1.54) is 48.9 Å². The Hall–Kier alpha value is -2.13. The summed E-state index contributed by atoms with van der Waals surface area (Å²) in [7, 11) is -2.42. The van der Waals surface area contributed by atoms with E-state index >= 15 is 0 Å². The Bertz CT molecular complexity index is 888. The Morgan fingerprint density at radius 1 is 1.03 bits per heavy atom. The average molecular weight is 467 g/mol. The smallest absolute Gasteiger partial charge is 0.338 e. The highest BCUT2D eigenvalue weighted by Crippen LogP contribution is 2.29. The largest absolute Gasteiger partial charge is 0.495 e. The summed E-state index contributed by atoms with van der Waals surface area (Å²) in [4.78, 5) is 24.5. The van der Waals surface area contributed by atoms with Crippen molar-refractivity contribution in [2.24, 2.45) is 5.92 Å². The van der Waals surface area contributed by atoms with Gasteiger partial charge in [-0.1, -0.05) is 32.1 Å². The van der Waals surface area contributed by atoms with Crippen LogP contribution >= 0.6 is 0 Å². The topological polar surface area (TPSA) is 102 Å². The van der Waals surface area contributed by atoms with Crippen LogP contribution in [0.25, 0.3) is 0 Å². The van der Waals surface area contributed by atoms with Crippen molar-refractivity contribution in [3.63, 3.8) is 0 Å². The number of hydrogen-bond acceptors (Lipinski definition) is 6. The van der Waals surface area contributed by atoms with Crippen molar-refractivity contribution in [2.45, 2.75) is 62.7 Å². The molecule has 0 radical (unpaired) electrons. The molecule has 1 saturated heterocycles. The lowest BCUT2D eigenvalue weighted by atomic mass is 9.89. The number of esters is 1. The van der Waals surface area contributed by atoms with Crippen LogP contribution in [0.5, 0.6) is 5.75 Å². The molecule has 0 spiro atoms. The number of nitrogens with one attached hydrogen (secondary N) is 1. The maximum Gasteiger partial charge on any atom is 0.338 e. The molecule has 0 atom stereocenters. The summed E-state index contributed by atoms with van der Waals surface area (Å²) in [5.41, 5.74) is 0.0688. The molecule has 2 fully saturated rings. The van der Waals surface area contributed by atoms with Crippen LogP contribution in [-0.2, 0) is 19.6 Å². The van der Waals surface area contributed by atoms with E-state index in [0.717, 1.165) is 38.5 Å². The molecule has 1 aromatic rings. The van der Waals surface area contributed by atoms with Gasteiger partial charge in [0.05, 0.1) is 12.7 Å². The summed E-state index contributed by atoms with van der Waals surface area (Å²) in [6.07, 6.45) is 9.46. The van der Waals surface area contributed by atoms with Gasteiger partial charge in [0.25, 0.3) is 5.91 Å².